The summed E-state index contributed by atoms with van der Waals surface area (Å²) < 4.78 is 1.42. The number of carboxylic acids is 1. The summed E-state index contributed by atoms with van der Waals surface area (Å²) in [5, 5.41) is 26.4. The number of aromatic carboxylic acids is 1. The lowest BCUT2D eigenvalue weighted by Crippen LogP contribution is -2.12. The van der Waals surface area contributed by atoms with E-state index in [9.17, 15) is 9.90 Å². The molecule has 0 radical (unpaired) electrons. The molecule has 0 bridgehead atoms. The number of carboxylic acid groups (broad SMARTS) is 1. The number of nitrogens with zero attached hydrogens (tertiary/aromatic N) is 4. The number of hydrogen-bond donors (Lipinski definition) is 2. The van der Waals surface area contributed by atoms with E-state index in [-0.39, 0.29) is 16.4 Å². The van der Waals surface area contributed by atoms with Crippen LogP contribution in [0.25, 0.3) is 16.8 Å². The first-order valence-corrected chi connectivity index (χ1v) is 9.33. The van der Waals surface area contributed by atoms with Crippen molar-refractivity contribution >= 4 is 40.6 Å². The molecule has 2 N–H and O–H groups in total. The molecule has 7 nitrogen and oxygen atoms in total. The van der Waals surface area contributed by atoms with Crippen molar-refractivity contribution in [1.82, 2.24) is 14.6 Å². The zero-order chi connectivity index (χ0) is 20.4. The van der Waals surface area contributed by atoms with Crippen LogP contribution in [-0.2, 0) is 0 Å². The zero-order valence-corrected chi connectivity index (χ0v) is 16.7. The molecule has 3 aromatic rings. The number of hydrogen-bond acceptors (Lipinski definition) is 5. The molecule has 0 saturated carbocycles. The molecule has 1 aromatic carbocycles. The fourth-order valence-corrected chi connectivity index (χ4v) is 3.33. The van der Waals surface area contributed by atoms with Crippen LogP contribution in [-0.4, -0.2) is 32.2 Å². The van der Waals surface area contributed by atoms with Crippen LogP contribution in [0.4, 0.5) is 5.82 Å². The number of rotatable bonds is 6. The summed E-state index contributed by atoms with van der Waals surface area (Å²) in [4.78, 5) is 15.7. The van der Waals surface area contributed by atoms with Gasteiger partial charge in [0.1, 0.15) is 16.5 Å². The molecule has 0 saturated heterocycles. The lowest BCUT2D eigenvalue weighted by Gasteiger charge is -2.17. The monoisotopic (exact) mass is 417 g/mol. The van der Waals surface area contributed by atoms with Gasteiger partial charge in [-0.05, 0) is 24.5 Å². The minimum absolute atomic E-state index is 0.0497. The van der Waals surface area contributed by atoms with E-state index < -0.39 is 5.97 Å². The Kier molecular flexibility index (Phi) is 5.73. The average Bonchev–Trinajstić information content (AvgIpc) is 3.05. The summed E-state index contributed by atoms with van der Waals surface area (Å²) in [5.74, 6) is -0.180. The molecule has 0 spiro atoms. The van der Waals surface area contributed by atoms with Crippen LogP contribution in [0.3, 0.4) is 0 Å². The Balaban J connectivity index is 2.24. The van der Waals surface area contributed by atoms with Crippen molar-refractivity contribution in [2.24, 2.45) is 5.92 Å². The fraction of sp³-hybridized carbons (Fsp3) is 0.263. The van der Waals surface area contributed by atoms with Gasteiger partial charge in [0.2, 0.25) is 0 Å². The van der Waals surface area contributed by atoms with Crippen molar-refractivity contribution in [3.8, 4) is 17.2 Å². The highest BCUT2D eigenvalue weighted by Gasteiger charge is 2.23. The summed E-state index contributed by atoms with van der Waals surface area (Å²) in [7, 11) is 0. The van der Waals surface area contributed by atoms with Crippen molar-refractivity contribution in [3.63, 3.8) is 0 Å². The third-order valence-electron chi connectivity index (χ3n) is 4.21. The largest absolute Gasteiger partial charge is 0.477 e. The highest BCUT2D eigenvalue weighted by atomic mass is 35.5. The van der Waals surface area contributed by atoms with Crippen molar-refractivity contribution in [2.75, 3.05) is 11.9 Å². The van der Waals surface area contributed by atoms with Gasteiger partial charge >= 0.3 is 5.97 Å². The van der Waals surface area contributed by atoms with Crippen LogP contribution in [0.1, 0.15) is 36.2 Å². The number of halogens is 2. The van der Waals surface area contributed by atoms with Crippen molar-refractivity contribution in [1.29, 1.82) is 5.26 Å². The Morgan fingerprint density at radius 1 is 1.39 bits per heavy atom. The summed E-state index contributed by atoms with van der Waals surface area (Å²) in [6, 6.07) is 6.89. The Morgan fingerprint density at radius 2 is 2.14 bits per heavy atom. The van der Waals surface area contributed by atoms with E-state index >= 15 is 0 Å². The second-order valence-electron chi connectivity index (χ2n) is 6.64. The molecule has 0 atom stereocenters. The summed E-state index contributed by atoms with van der Waals surface area (Å²) in [6.45, 7) is 4.83. The third kappa shape index (κ3) is 3.75. The third-order valence-corrected chi connectivity index (χ3v) is 4.80. The van der Waals surface area contributed by atoms with Crippen LogP contribution in [0.2, 0.25) is 10.2 Å². The number of aromatic nitrogens is 3. The Morgan fingerprint density at radius 3 is 2.75 bits per heavy atom. The SMILES string of the molecule is CC(C)CCNc1c(-c2ccc(C#N)cc2Cl)c(Cl)nc2c(C(=O)O)cnn12. The summed E-state index contributed by atoms with van der Waals surface area (Å²) in [5.41, 5.74) is 1.57. The number of fused-ring (bicyclic) bond motifs is 1. The van der Waals surface area contributed by atoms with E-state index in [4.69, 9.17) is 28.5 Å². The molecule has 9 heteroatoms. The van der Waals surface area contributed by atoms with Gasteiger partial charge in [0, 0.05) is 17.1 Å². The van der Waals surface area contributed by atoms with Crippen LogP contribution in [0, 0.1) is 17.2 Å². The molecule has 0 unspecified atom stereocenters. The Labute approximate surface area is 171 Å². The fourth-order valence-electron chi connectivity index (χ4n) is 2.79. The van der Waals surface area contributed by atoms with E-state index in [1.54, 1.807) is 18.2 Å². The molecule has 2 aromatic heterocycles. The minimum atomic E-state index is -1.14. The minimum Gasteiger partial charge on any atom is -0.477 e. The molecule has 0 aliphatic heterocycles. The van der Waals surface area contributed by atoms with Gasteiger partial charge in [-0.15, -0.1) is 0 Å². The predicted molar refractivity (Wildman–Crippen MR) is 108 cm³/mol. The standard InChI is InChI=1S/C19H17Cl2N5O2/c1-10(2)5-6-23-18-15(12-4-3-11(8-22)7-14(12)20)16(21)25-17-13(19(27)28)9-24-26(17)18/h3-4,7,9-10,23H,5-6H2,1-2H3,(H,27,28). The van der Waals surface area contributed by atoms with Gasteiger partial charge in [-0.2, -0.15) is 14.9 Å². The number of nitrogens with one attached hydrogen (secondary N) is 1. The molecule has 0 aliphatic carbocycles. The molecule has 0 fully saturated rings. The van der Waals surface area contributed by atoms with E-state index in [1.807, 2.05) is 6.07 Å². The first-order valence-electron chi connectivity index (χ1n) is 8.58. The second kappa shape index (κ2) is 8.05. The maximum atomic E-state index is 11.5. The molecule has 0 aliphatic rings. The van der Waals surface area contributed by atoms with E-state index in [0.29, 0.717) is 40.0 Å². The molecule has 144 valence electrons. The lowest BCUT2D eigenvalue weighted by atomic mass is 10.1. The maximum Gasteiger partial charge on any atom is 0.341 e. The lowest BCUT2D eigenvalue weighted by molar-refractivity contribution is 0.0699. The van der Waals surface area contributed by atoms with Gasteiger partial charge in [-0.3, -0.25) is 0 Å². The van der Waals surface area contributed by atoms with E-state index in [1.165, 1.54) is 10.7 Å². The maximum absolute atomic E-state index is 11.5. The summed E-state index contributed by atoms with van der Waals surface area (Å²) in [6.07, 6.45) is 2.12. The highest BCUT2D eigenvalue weighted by Crippen LogP contribution is 2.39. The van der Waals surface area contributed by atoms with Gasteiger partial charge in [0.15, 0.2) is 5.65 Å². The number of nitriles is 1. The van der Waals surface area contributed by atoms with E-state index in [2.05, 4.69) is 29.2 Å². The topological polar surface area (TPSA) is 103 Å². The Hall–Kier alpha value is -2.82. The van der Waals surface area contributed by atoms with Gasteiger partial charge in [0.05, 0.1) is 23.4 Å². The smallest absolute Gasteiger partial charge is 0.341 e. The number of benzene rings is 1. The average molecular weight is 418 g/mol. The van der Waals surface area contributed by atoms with Crippen LogP contribution < -0.4 is 5.32 Å². The predicted octanol–water partition coefficient (Wildman–Crippen LogP) is 4.73. The van der Waals surface area contributed by atoms with Gasteiger partial charge < -0.3 is 10.4 Å². The van der Waals surface area contributed by atoms with Crippen LogP contribution in [0.5, 0.6) is 0 Å². The van der Waals surface area contributed by atoms with E-state index in [0.717, 1.165) is 6.42 Å². The summed E-state index contributed by atoms with van der Waals surface area (Å²) >= 11 is 12.8. The number of carbonyl (C=O) groups is 1. The molecule has 3 rings (SSSR count). The molecule has 28 heavy (non-hydrogen) atoms. The molecular weight excluding hydrogens is 401 g/mol. The number of anilines is 1. The van der Waals surface area contributed by atoms with Crippen LogP contribution in [0.15, 0.2) is 24.4 Å². The van der Waals surface area contributed by atoms with Crippen molar-refractivity contribution in [3.05, 3.63) is 45.7 Å². The van der Waals surface area contributed by atoms with Crippen molar-refractivity contribution in [2.45, 2.75) is 20.3 Å². The normalized spacial score (nSPS) is 11.0. The van der Waals surface area contributed by atoms with Gasteiger partial charge in [0.25, 0.3) is 0 Å². The first kappa shape index (κ1) is 19.9. The molecule has 0 amide bonds. The van der Waals surface area contributed by atoms with Gasteiger partial charge in [-0.1, -0.05) is 43.1 Å². The zero-order valence-electron chi connectivity index (χ0n) is 15.2. The van der Waals surface area contributed by atoms with Crippen molar-refractivity contribution < 1.29 is 9.90 Å². The molecular formula is C19H17Cl2N5O2. The Bertz CT molecular complexity index is 1100. The van der Waals surface area contributed by atoms with Gasteiger partial charge in [-0.25, -0.2) is 9.78 Å². The first-order chi connectivity index (χ1) is 13.3. The van der Waals surface area contributed by atoms with Crippen LogP contribution >= 0.6 is 23.2 Å². The molecule has 2 heterocycles. The second-order valence-corrected chi connectivity index (χ2v) is 7.41. The quantitative estimate of drug-likeness (QED) is 0.561. The highest BCUT2D eigenvalue weighted by molar-refractivity contribution is 6.36.